The molecule has 2 aromatic carbocycles. The maximum Gasteiger partial charge on any atom is 0.145 e. The molecule has 0 radical (unpaired) electrons. The van der Waals surface area contributed by atoms with Gasteiger partial charge in [0.15, 0.2) is 0 Å². The molecule has 0 amide bonds. The van der Waals surface area contributed by atoms with Gasteiger partial charge in [-0.2, -0.15) is 0 Å². The number of nitrogens with one attached hydrogen (secondary N) is 1. The third-order valence-electron chi connectivity index (χ3n) is 3.64. The quantitative estimate of drug-likeness (QED) is 0.755. The summed E-state index contributed by atoms with van der Waals surface area (Å²) >= 11 is 0. The first-order chi connectivity index (χ1) is 9.93. The Morgan fingerprint density at radius 2 is 1.75 bits per heavy atom. The van der Waals surface area contributed by atoms with E-state index in [-0.39, 0.29) is 0 Å². The summed E-state index contributed by atoms with van der Waals surface area (Å²) in [6, 6.07) is 21.1. The molecule has 0 saturated carbocycles. The predicted octanol–water partition coefficient (Wildman–Crippen LogP) is 2.98. The molecule has 0 unspecified atom stereocenters. The highest BCUT2D eigenvalue weighted by Crippen LogP contribution is 2.25. The van der Waals surface area contributed by atoms with Crippen LogP contribution in [0.15, 0.2) is 65.7 Å². The second kappa shape index (κ2) is 4.53. The molecule has 0 atom stereocenters. The molecule has 1 aliphatic rings. The number of hydrogen-bond donors (Lipinski definition) is 1. The smallest absolute Gasteiger partial charge is 0.145 e. The molecule has 4 rings (SSSR count). The molecule has 3 aromatic rings. The van der Waals surface area contributed by atoms with Crippen LogP contribution in [0.25, 0.3) is 16.6 Å². The Kier molecular flexibility index (Phi) is 2.56. The van der Waals surface area contributed by atoms with Gasteiger partial charge >= 0.3 is 0 Å². The number of aliphatic imine (C=N–C) groups is 1. The molecule has 0 bridgehead atoms. The molecule has 3 nitrogen and oxygen atoms in total. The molecule has 20 heavy (non-hydrogen) atoms. The van der Waals surface area contributed by atoms with E-state index >= 15 is 0 Å². The summed E-state index contributed by atoms with van der Waals surface area (Å²) in [4.78, 5) is 4.57. The van der Waals surface area contributed by atoms with Crippen LogP contribution in [0.4, 0.5) is 0 Å². The number of aromatic nitrogens is 1. The second-order valence-corrected chi connectivity index (χ2v) is 4.92. The number of fused-ring (bicyclic) bond motifs is 1. The predicted molar refractivity (Wildman–Crippen MR) is 82.7 cm³/mol. The van der Waals surface area contributed by atoms with Crippen molar-refractivity contribution in [1.29, 1.82) is 0 Å². The van der Waals surface area contributed by atoms with E-state index in [1.165, 1.54) is 16.6 Å². The van der Waals surface area contributed by atoms with Crippen molar-refractivity contribution in [2.45, 2.75) is 0 Å². The zero-order chi connectivity index (χ0) is 13.4. The highest BCUT2D eigenvalue weighted by atomic mass is 15.1. The Balaban J connectivity index is 2.03. The minimum Gasteiger partial charge on any atom is -0.367 e. The van der Waals surface area contributed by atoms with Gasteiger partial charge in [-0.05, 0) is 24.3 Å². The van der Waals surface area contributed by atoms with Gasteiger partial charge in [0.05, 0.1) is 17.8 Å². The van der Waals surface area contributed by atoms with Crippen molar-refractivity contribution in [3.63, 3.8) is 0 Å². The Morgan fingerprint density at radius 3 is 2.55 bits per heavy atom. The van der Waals surface area contributed by atoms with Gasteiger partial charge in [-0.3, -0.25) is 4.99 Å². The van der Waals surface area contributed by atoms with Crippen molar-refractivity contribution in [1.82, 2.24) is 9.88 Å². The van der Waals surface area contributed by atoms with E-state index < -0.39 is 0 Å². The molecule has 0 saturated heterocycles. The van der Waals surface area contributed by atoms with Gasteiger partial charge in [0, 0.05) is 17.6 Å². The van der Waals surface area contributed by atoms with Gasteiger partial charge < -0.3 is 9.88 Å². The van der Waals surface area contributed by atoms with Crippen molar-refractivity contribution in [2.75, 3.05) is 13.1 Å². The molecule has 1 N–H and O–H groups in total. The first-order valence-corrected chi connectivity index (χ1v) is 6.88. The summed E-state index contributed by atoms with van der Waals surface area (Å²) < 4.78 is 2.27. The standard InChI is InChI=1S/C17H15N3/c1-2-7-14(8-3-1)20-15-9-5-4-6-13(15)12-16(20)17-18-10-11-19-17/h1-9,12H,10-11H2,(H,18,19). The molecule has 98 valence electrons. The summed E-state index contributed by atoms with van der Waals surface area (Å²) in [5, 5.41) is 4.61. The third kappa shape index (κ3) is 1.71. The zero-order valence-electron chi connectivity index (χ0n) is 11.1. The maximum atomic E-state index is 4.57. The van der Waals surface area contributed by atoms with Crippen LogP contribution in [0.2, 0.25) is 0 Å². The van der Waals surface area contributed by atoms with Gasteiger partial charge in [-0.25, -0.2) is 0 Å². The fourth-order valence-corrected chi connectivity index (χ4v) is 2.75. The average molecular weight is 261 g/mol. The Hall–Kier alpha value is -2.55. The fraction of sp³-hybridized carbons (Fsp3) is 0.118. The Morgan fingerprint density at radius 1 is 0.950 bits per heavy atom. The van der Waals surface area contributed by atoms with Crippen LogP contribution in [0.5, 0.6) is 0 Å². The van der Waals surface area contributed by atoms with Crippen LogP contribution in [0.3, 0.4) is 0 Å². The number of benzene rings is 2. The first-order valence-electron chi connectivity index (χ1n) is 6.88. The summed E-state index contributed by atoms with van der Waals surface area (Å²) in [6.45, 7) is 1.78. The molecule has 0 aliphatic carbocycles. The zero-order valence-corrected chi connectivity index (χ0v) is 11.1. The highest BCUT2D eigenvalue weighted by molar-refractivity contribution is 6.03. The molecule has 0 fully saturated rings. The van der Waals surface area contributed by atoms with Gasteiger partial charge in [0.25, 0.3) is 0 Å². The largest absolute Gasteiger partial charge is 0.367 e. The number of para-hydroxylation sites is 2. The lowest BCUT2D eigenvalue weighted by atomic mass is 10.2. The minimum atomic E-state index is 0.853. The molecule has 3 heteroatoms. The van der Waals surface area contributed by atoms with Crippen LogP contribution in [-0.2, 0) is 0 Å². The molecule has 0 spiro atoms. The second-order valence-electron chi connectivity index (χ2n) is 4.92. The van der Waals surface area contributed by atoms with Crippen molar-refractivity contribution in [2.24, 2.45) is 4.99 Å². The summed E-state index contributed by atoms with van der Waals surface area (Å²) in [7, 11) is 0. The van der Waals surface area contributed by atoms with Crippen molar-refractivity contribution < 1.29 is 0 Å². The SMILES string of the molecule is c1ccc(-n2c(C3=NCCN3)cc3ccccc32)cc1. The molecular formula is C17H15N3. The molecule has 1 aromatic heterocycles. The van der Waals surface area contributed by atoms with E-state index in [1.54, 1.807) is 0 Å². The van der Waals surface area contributed by atoms with E-state index in [1.807, 2.05) is 6.07 Å². The van der Waals surface area contributed by atoms with Crippen molar-refractivity contribution >= 4 is 16.7 Å². The van der Waals surface area contributed by atoms with Crippen LogP contribution >= 0.6 is 0 Å². The summed E-state index contributed by atoms with van der Waals surface area (Å²) in [5.74, 6) is 0.991. The monoisotopic (exact) mass is 261 g/mol. The minimum absolute atomic E-state index is 0.853. The van der Waals surface area contributed by atoms with E-state index in [2.05, 4.69) is 69.5 Å². The van der Waals surface area contributed by atoms with E-state index in [0.717, 1.165) is 24.6 Å². The van der Waals surface area contributed by atoms with Gasteiger partial charge in [-0.1, -0.05) is 36.4 Å². The summed E-state index contributed by atoms with van der Waals surface area (Å²) in [5.41, 5.74) is 3.51. The lowest BCUT2D eigenvalue weighted by Gasteiger charge is -2.11. The summed E-state index contributed by atoms with van der Waals surface area (Å²) in [6.07, 6.45) is 0. The van der Waals surface area contributed by atoms with E-state index in [4.69, 9.17) is 0 Å². The van der Waals surface area contributed by atoms with Gasteiger partial charge in [0.1, 0.15) is 5.84 Å². The average Bonchev–Trinajstić information content (AvgIpc) is 3.15. The molecular weight excluding hydrogens is 246 g/mol. The van der Waals surface area contributed by atoms with Gasteiger partial charge in [0.2, 0.25) is 0 Å². The Bertz CT molecular complexity index is 784. The van der Waals surface area contributed by atoms with Crippen LogP contribution in [0, 0.1) is 0 Å². The number of amidine groups is 1. The Labute approximate surface area is 117 Å². The van der Waals surface area contributed by atoms with Crippen LogP contribution < -0.4 is 5.32 Å². The number of nitrogens with zero attached hydrogens (tertiary/aromatic N) is 2. The van der Waals surface area contributed by atoms with E-state index in [0.29, 0.717) is 0 Å². The normalized spacial score (nSPS) is 14.3. The van der Waals surface area contributed by atoms with E-state index in [9.17, 15) is 0 Å². The number of rotatable bonds is 2. The lowest BCUT2D eigenvalue weighted by molar-refractivity contribution is 0.955. The van der Waals surface area contributed by atoms with Crippen LogP contribution in [0.1, 0.15) is 5.69 Å². The molecule has 2 heterocycles. The first kappa shape index (κ1) is 11.3. The molecule has 1 aliphatic heterocycles. The highest BCUT2D eigenvalue weighted by Gasteiger charge is 2.16. The topological polar surface area (TPSA) is 29.3 Å². The van der Waals surface area contributed by atoms with Crippen molar-refractivity contribution in [3.05, 3.63) is 66.4 Å². The maximum absolute atomic E-state index is 4.57. The van der Waals surface area contributed by atoms with Crippen LogP contribution in [-0.4, -0.2) is 23.5 Å². The fourth-order valence-electron chi connectivity index (χ4n) is 2.75. The third-order valence-corrected chi connectivity index (χ3v) is 3.64. The lowest BCUT2D eigenvalue weighted by Crippen LogP contribution is -2.22. The van der Waals surface area contributed by atoms with Crippen molar-refractivity contribution in [3.8, 4) is 5.69 Å². The number of hydrogen-bond acceptors (Lipinski definition) is 2. The van der Waals surface area contributed by atoms with Gasteiger partial charge in [-0.15, -0.1) is 0 Å².